The van der Waals surface area contributed by atoms with Crippen LogP contribution in [0, 0.1) is 5.92 Å². The Morgan fingerprint density at radius 1 is 1.14 bits per heavy atom. The molecule has 1 heterocycles. The van der Waals surface area contributed by atoms with Crippen molar-refractivity contribution < 1.29 is 9.53 Å². The fourth-order valence-corrected chi connectivity index (χ4v) is 2.68. The molecule has 1 N–H and O–H groups in total. The van der Waals surface area contributed by atoms with Gasteiger partial charge in [0.05, 0.1) is 12.7 Å². The maximum Gasteiger partial charge on any atom is 0.317 e. The summed E-state index contributed by atoms with van der Waals surface area (Å²) in [5.41, 5.74) is 1.21. The highest BCUT2D eigenvalue weighted by Crippen LogP contribution is 2.27. The van der Waals surface area contributed by atoms with Gasteiger partial charge in [0, 0.05) is 19.6 Å². The van der Waals surface area contributed by atoms with Crippen molar-refractivity contribution in [3.05, 3.63) is 35.9 Å². The van der Waals surface area contributed by atoms with Gasteiger partial charge in [0.25, 0.3) is 0 Å². The predicted molar refractivity (Wildman–Crippen MR) is 81.9 cm³/mol. The first-order valence-electron chi connectivity index (χ1n) is 7.99. The van der Waals surface area contributed by atoms with E-state index in [1.807, 2.05) is 23.1 Å². The van der Waals surface area contributed by atoms with E-state index >= 15 is 0 Å². The van der Waals surface area contributed by atoms with E-state index in [-0.39, 0.29) is 12.1 Å². The molecule has 1 aliphatic carbocycles. The first-order chi connectivity index (χ1) is 10.3. The van der Waals surface area contributed by atoms with Gasteiger partial charge in [-0.05, 0) is 37.2 Å². The molecule has 0 radical (unpaired) electrons. The molecule has 21 heavy (non-hydrogen) atoms. The molecule has 0 atom stereocenters. The van der Waals surface area contributed by atoms with E-state index in [0.29, 0.717) is 6.61 Å². The van der Waals surface area contributed by atoms with E-state index < -0.39 is 0 Å². The van der Waals surface area contributed by atoms with Gasteiger partial charge >= 0.3 is 6.03 Å². The number of piperidine rings is 1. The summed E-state index contributed by atoms with van der Waals surface area (Å²) in [5, 5.41) is 3.03. The highest BCUT2D eigenvalue weighted by molar-refractivity contribution is 5.74. The van der Waals surface area contributed by atoms with E-state index in [2.05, 4.69) is 17.4 Å². The van der Waals surface area contributed by atoms with Gasteiger partial charge in [0.1, 0.15) is 0 Å². The summed E-state index contributed by atoms with van der Waals surface area (Å²) < 4.78 is 5.95. The molecule has 2 aliphatic rings. The minimum Gasteiger partial charge on any atom is -0.373 e. The maximum atomic E-state index is 12.0. The molecule has 4 nitrogen and oxygen atoms in total. The van der Waals surface area contributed by atoms with Crippen LogP contribution in [0.4, 0.5) is 4.79 Å². The van der Waals surface area contributed by atoms with E-state index in [1.54, 1.807) is 0 Å². The smallest absolute Gasteiger partial charge is 0.317 e. The summed E-state index contributed by atoms with van der Waals surface area (Å²) >= 11 is 0. The second-order valence-electron chi connectivity index (χ2n) is 6.11. The van der Waals surface area contributed by atoms with E-state index in [1.165, 1.54) is 18.4 Å². The summed E-state index contributed by atoms with van der Waals surface area (Å²) in [7, 11) is 0. The fourth-order valence-electron chi connectivity index (χ4n) is 2.68. The molecule has 2 fully saturated rings. The Morgan fingerprint density at radius 3 is 2.52 bits per heavy atom. The minimum atomic E-state index is 0.100. The van der Waals surface area contributed by atoms with Gasteiger partial charge in [-0.15, -0.1) is 0 Å². The quantitative estimate of drug-likeness (QED) is 0.905. The Balaban J connectivity index is 1.35. The van der Waals surface area contributed by atoms with Crippen LogP contribution >= 0.6 is 0 Å². The van der Waals surface area contributed by atoms with Crippen molar-refractivity contribution in [3.63, 3.8) is 0 Å². The summed E-state index contributed by atoms with van der Waals surface area (Å²) in [4.78, 5) is 13.9. The van der Waals surface area contributed by atoms with Crippen LogP contribution in [0.15, 0.2) is 30.3 Å². The third kappa shape index (κ3) is 4.46. The molecule has 4 heteroatoms. The Hall–Kier alpha value is -1.55. The lowest BCUT2D eigenvalue weighted by Crippen LogP contribution is -2.46. The van der Waals surface area contributed by atoms with Crippen molar-refractivity contribution in [2.24, 2.45) is 5.92 Å². The van der Waals surface area contributed by atoms with E-state index in [4.69, 9.17) is 4.74 Å². The van der Waals surface area contributed by atoms with Gasteiger partial charge in [0.2, 0.25) is 0 Å². The van der Waals surface area contributed by atoms with Crippen molar-refractivity contribution in [1.29, 1.82) is 0 Å². The lowest BCUT2D eigenvalue weighted by Gasteiger charge is -2.32. The molecule has 1 aromatic rings. The molecule has 1 saturated heterocycles. The molecule has 0 unspecified atom stereocenters. The molecule has 114 valence electrons. The first-order valence-corrected chi connectivity index (χ1v) is 7.99. The van der Waals surface area contributed by atoms with E-state index in [9.17, 15) is 4.79 Å². The number of urea groups is 1. The fraction of sp³-hybridized carbons (Fsp3) is 0.588. The van der Waals surface area contributed by atoms with Crippen LogP contribution in [-0.4, -0.2) is 36.7 Å². The van der Waals surface area contributed by atoms with Crippen LogP contribution in [0.25, 0.3) is 0 Å². The molecular formula is C17H24N2O2. The predicted octanol–water partition coefficient (Wildman–Crippen LogP) is 2.79. The Morgan fingerprint density at radius 2 is 1.86 bits per heavy atom. The summed E-state index contributed by atoms with van der Waals surface area (Å²) in [6.07, 6.45) is 4.69. The van der Waals surface area contributed by atoms with Crippen LogP contribution < -0.4 is 5.32 Å². The van der Waals surface area contributed by atoms with Gasteiger partial charge in [-0.3, -0.25) is 0 Å². The third-order valence-corrected chi connectivity index (χ3v) is 4.30. The number of ether oxygens (including phenoxy) is 1. The van der Waals surface area contributed by atoms with Crippen molar-refractivity contribution >= 4 is 6.03 Å². The number of rotatable bonds is 5. The zero-order valence-corrected chi connectivity index (χ0v) is 12.5. The monoisotopic (exact) mass is 288 g/mol. The standard InChI is InChI=1S/C17H24N2O2/c20-17(18-12-14-6-7-14)19-10-8-16(9-11-19)21-13-15-4-2-1-3-5-15/h1-5,14,16H,6-13H2,(H,18,20). The molecule has 1 aromatic carbocycles. The summed E-state index contributed by atoms with van der Waals surface area (Å²) in [6, 6.07) is 10.4. The Kier molecular flexibility index (Phi) is 4.76. The molecule has 2 amide bonds. The minimum absolute atomic E-state index is 0.100. The Bertz CT molecular complexity index is 451. The number of likely N-dealkylation sites (tertiary alicyclic amines) is 1. The molecule has 3 rings (SSSR count). The van der Waals surface area contributed by atoms with Crippen LogP contribution in [0.2, 0.25) is 0 Å². The highest BCUT2D eigenvalue weighted by atomic mass is 16.5. The average molecular weight is 288 g/mol. The normalized spacial score (nSPS) is 19.5. The largest absolute Gasteiger partial charge is 0.373 e. The van der Waals surface area contributed by atoms with Gasteiger partial charge in [0.15, 0.2) is 0 Å². The number of carbonyl (C=O) groups is 1. The van der Waals surface area contributed by atoms with Gasteiger partial charge < -0.3 is 15.0 Å². The number of nitrogens with one attached hydrogen (secondary N) is 1. The third-order valence-electron chi connectivity index (χ3n) is 4.30. The summed E-state index contributed by atoms with van der Waals surface area (Å²) in [6.45, 7) is 3.12. The molecule has 1 aliphatic heterocycles. The van der Waals surface area contributed by atoms with E-state index in [0.717, 1.165) is 38.4 Å². The van der Waals surface area contributed by atoms with Crippen molar-refractivity contribution in [3.8, 4) is 0 Å². The van der Waals surface area contributed by atoms with Crippen LogP contribution in [0.5, 0.6) is 0 Å². The number of nitrogens with zero attached hydrogens (tertiary/aromatic N) is 1. The SMILES string of the molecule is O=C(NCC1CC1)N1CCC(OCc2ccccc2)CC1. The lowest BCUT2D eigenvalue weighted by atomic mass is 10.1. The summed E-state index contributed by atoms with van der Waals surface area (Å²) in [5.74, 6) is 0.737. The highest BCUT2D eigenvalue weighted by Gasteiger charge is 2.26. The van der Waals surface area contributed by atoms with Crippen molar-refractivity contribution in [1.82, 2.24) is 10.2 Å². The Labute approximate surface area is 126 Å². The van der Waals surface area contributed by atoms with Gasteiger partial charge in [-0.1, -0.05) is 30.3 Å². The van der Waals surface area contributed by atoms with Gasteiger partial charge in [-0.25, -0.2) is 4.79 Å². The maximum absolute atomic E-state index is 12.0. The number of benzene rings is 1. The first kappa shape index (κ1) is 14.4. The topological polar surface area (TPSA) is 41.6 Å². The molecule has 0 bridgehead atoms. The number of hydrogen-bond acceptors (Lipinski definition) is 2. The van der Waals surface area contributed by atoms with Gasteiger partial charge in [-0.2, -0.15) is 0 Å². The second kappa shape index (κ2) is 6.94. The number of amides is 2. The van der Waals surface area contributed by atoms with Crippen LogP contribution in [-0.2, 0) is 11.3 Å². The molecule has 0 spiro atoms. The number of hydrogen-bond donors (Lipinski definition) is 1. The van der Waals surface area contributed by atoms with Crippen molar-refractivity contribution in [2.75, 3.05) is 19.6 Å². The lowest BCUT2D eigenvalue weighted by molar-refractivity contribution is 0.00446. The number of carbonyl (C=O) groups excluding carboxylic acids is 1. The zero-order valence-electron chi connectivity index (χ0n) is 12.5. The van der Waals surface area contributed by atoms with Crippen LogP contribution in [0.1, 0.15) is 31.2 Å². The molecular weight excluding hydrogens is 264 g/mol. The van der Waals surface area contributed by atoms with Crippen molar-refractivity contribution in [2.45, 2.75) is 38.4 Å². The molecule has 0 aromatic heterocycles. The average Bonchev–Trinajstić information content (AvgIpc) is 3.36. The zero-order chi connectivity index (χ0) is 14.5. The van der Waals surface area contributed by atoms with Crippen LogP contribution in [0.3, 0.4) is 0 Å². The second-order valence-corrected chi connectivity index (χ2v) is 6.11. The molecule has 1 saturated carbocycles.